The number of benzene rings is 2. The van der Waals surface area contributed by atoms with Gasteiger partial charge in [-0.1, -0.05) is 54.4 Å². The van der Waals surface area contributed by atoms with Crippen molar-refractivity contribution in [2.45, 2.75) is 45.1 Å². The molecule has 1 N–H and O–H groups in total. The van der Waals surface area contributed by atoms with Crippen LogP contribution in [0.15, 0.2) is 54.7 Å². The summed E-state index contributed by atoms with van der Waals surface area (Å²) in [6, 6.07) is 16.4. The van der Waals surface area contributed by atoms with Crippen molar-refractivity contribution in [3.63, 3.8) is 0 Å². The number of amides is 1. The average Bonchev–Trinajstić information content (AvgIpc) is 3.15. The summed E-state index contributed by atoms with van der Waals surface area (Å²) in [5.41, 5.74) is 3.49. The number of piperidine rings is 1. The Labute approximate surface area is 190 Å². The maximum Gasteiger partial charge on any atom is 0.220 e. The van der Waals surface area contributed by atoms with Gasteiger partial charge in [0.2, 0.25) is 5.91 Å². The minimum absolute atomic E-state index is 0.140. The van der Waals surface area contributed by atoms with E-state index in [9.17, 15) is 4.79 Å². The van der Waals surface area contributed by atoms with Gasteiger partial charge < -0.3 is 14.8 Å². The summed E-state index contributed by atoms with van der Waals surface area (Å²) >= 11 is 6.38. The molecule has 0 radical (unpaired) electrons. The van der Waals surface area contributed by atoms with E-state index in [4.69, 9.17) is 11.6 Å². The van der Waals surface area contributed by atoms with Crippen molar-refractivity contribution < 1.29 is 4.79 Å². The minimum atomic E-state index is 0.140. The number of para-hydroxylation sites is 1. The molecule has 1 fully saturated rings. The van der Waals surface area contributed by atoms with Crippen LogP contribution in [0.3, 0.4) is 0 Å². The van der Waals surface area contributed by atoms with E-state index in [0.29, 0.717) is 6.42 Å². The zero-order valence-corrected chi connectivity index (χ0v) is 18.9. The van der Waals surface area contributed by atoms with Crippen LogP contribution in [0.25, 0.3) is 10.9 Å². The first-order chi connectivity index (χ1) is 15.2. The second-order valence-electron chi connectivity index (χ2n) is 8.50. The lowest BCUT2D eigenvalue weighted by Crippen LogP contribution is -2.33. The van der Waals surface area contributed by atoms with Crippen molar-refractivity contribution in [3.8, 4) is 0 Å². The zero-order chi connectivity index (χ0) is 21.5. The first-order valence-electron chi connectivity index (χ1n) is 11.5. The summed E-state index contributed by atoms with van der Waals surface area (Å²) in [6.45, 7) is 5.01. The molecule has 4 nitrogen and oxygen atoms in total. The van der Waals surface area contributed by atoms with Crippen LogP contribution in [0.4, 0.5) is 0 Å². The van der Waals surface area contributed by atoms with Gasteiger partial charge in [0, 0.05) is 41.6 Å². The second kappa shape index (κ2) is 10.8. The molecule has 0 unspecified atom stereocenters. The van der Waals surface area contributed by atoms with E-state index >= 15 is 0 Å². The molecule has 164 valence electrons. The van der Waals surface area contributed by atoms with Gasteiger partial charge in [-0.25, -0.2) is 0 Å². The molecule has 0 atom stereocenters. The van der Waals surface area contributed by atoms with Gasteiger partial charge in [0.25, 0.3) is 0 Å². The molecule has 0 bridgehead atoms. The van der Waals surface area contributed by atoms with Crippen LogP contribution in [0.2, 0.25) is 5.02 Å². The molecular weight excluding hydrogens is 406 g/mol. The van der Waals surface area contributed by atoms with Crippen molar-refractivity contribution >= 4 is 28.4 Å². The van der Waals surface area contributed by atoms with Crippen LogP contribution in [-0.4, -0.2) is 41.6 Å². The van der Waals surface area contributed by atoms with E-state index in [1.165, 1.54) is 48.8 Å². The Morgan fingerprint density at radius 3 is 2.58 bits per heavy atom. The fraction of sp³-hybridized carbons (Fsp3) is 0.423. The smallest absolute Gasteiger partial charge is 0.220 e. The first kappa shape index (κ1) is 21.9. The third-order valence-electron chi connectivity index (χ3n) is 6.21. The maximum absolute atomic E-state index is 12.4. The van der Waals surface area contributed by atoms with Gasteiger partial charge in [0.05, 0.1) is 0 Å². The lowest BCUT2D eigenvalue weighted by atomic mass is 10.1. The monoisotopic (exact) mass is 437 g/mol. The molecule has 31 heavy (non-hydrogen) atoms. The molecule has 1 amide bonds. The summed E-state index contributed by atoms with van der Waals surface area (Å²) in [7, 11) is 0. The Balaban J connectivity index is 1.32. The van der Waals surface area contributed by atoms with Crippen LogP contribution in [0.1, 0.15) is 43.2 Å². The Morgan fingerprint density at radius 1 is 0.968 bits per heavy atom. The normalized spacial score (nSPS) is 14.7. The number of nitrogens with zero attached hydrogens (tertiary/aromatic N) is 2. The van der Waals surface area contributed by atoms with Gasteiger partial charge >= 0.3 is 0 Å². The highest BCUT2D eigenvalue weighted by Crippen LogP contribution is 2.25. The van der Waals surface area contributed by atoms with E-state index in [0.717, 1.165) is 43.1 Å². The molecule has 0 saturated carbocycles. The Hall–Kier alpha value is -2.30. The van der Waals surface area contributed by atoms with E-state index < -0.39 is 0 Å². The van der Waals surface area contributed by atoms with Crippen molar-refractivity contribution in [1.82, 2.24) is 14.8 Å². The quantitative estimate of drug-likeness (QED) is 0.463. The molecule has 1 saturated heterocycles. The lowest BCUT2D eigenvalue weighted by Gasteiger charge is -2.26. The highest BCUT2D eigenvalue weighted by molar-refractivity contribution is 6.31. The summed E-state index contributed by atoms with van der Waals surface area (Å²) in [6.07, 6.45) is 8.47. The molecular formula is C26H32ClN3O. The molecule has 1 aliphatic heterocycles. The van der Waals surface area contributed by atoms with E-state index in [2.05, 4.69) is 51.3 Å². The van der Waals surface area contributed by atoms with Gasteiger partial charge in [0.15, 0.2) is 0 Å². The zero-order valence-electron chi connectivity index (χ0n) is 18.2. The van der Waals surface area contributed by atoms with Gasteiger partial charge in [0.1, 0.15) is 0 Å². The molecule has 1 aliphatic rings. The molecule has 3 aromatic rings. The Morgan fingerprint density at radius 2 is 1.74 bits per heavy atom. The third kappa shape index (κ3) is 5.90. The number of fused-ring (bicyclic) bond motifs is 1. The predicted octanol–water partition coefficient (Wildman–Crippen LogP) is 5.27. The number of rotatable bonds is 9. The minimum Gasteiger partial charge on any atom is -0.356 e. The van der Waals surface area contributed by atoms with Crippen LogP contribution < -0.4 is 5.32 Å². The molecule has 0 spiro atoms. The van der Waals surface area contributed by atoms with Crippen LogP contribution in [-0.2, 0) is 17.8 Å². The standard InChI is InChI=1S/C26H32ClN3O/c27-24-11-4-2-9-22(24)20-30-19-21(23-10-3-5-12-25(23)30)13-14-26(31)28-15-8-18-29-16-6-1-7-17-29/h2-5,9-12,19H,1,6-8,13-18,20H2,(H,28,31). The molecule has 1 aromatic heterocycles. The lowest BCUT2D eigenvalue weighted by molar-refractivity contribution is -0.121. The highest BCUT2D eigenvalue weighted by Gasteiger charge is 2.12. The highest BCUT2D eigenvalue weighted by atomic mass is 35.5. The molecule has 5 heteroatoms. The topological polar surface area (TPSA) is 37.3 Å². The molecule has 2 aromatic carbocycles. The molecule has 4 rings (SSSR count). The fourth-order valence-corrected chi connectivity index (χ4v) is 4.71. The number of aryl methyl sites for hydroxylation is 1. The summed E-state index contributed by atoms with van der Waals surface area (Å²) in [4.78, 5) is 14.9. The van der Waals surface area contributed by atoms with Gasteiger partial charge in [-0.3, -0.25) is 4.79 Å². The average molecular weight is 438 g/mol. The number of likely N-dealkylation sites (tertiary alicyclic amines) is 1. The number of hydrogen-bond acceptors (Lipinski definition) is 2. The SMILES string of the molecule is O=C(CCc1cn(Cc2ccccc2Cl)c2ccccc12)NCCCN1CCCCC1. The van der Waals surface area contributed by atoms with Gasteiger partial charge in [-0.2, -0.15) is 0 Å². The van der Waals surface area contributed by atoms with E-state index in [1.54, 1.807) is 0 Å². The number of halogens is 1. The Bertz CT molecular complexity index is 1010. The third-order valence-corrected chi connectivity index (χ3v) is 6.58. The van der Waals surface area contributed by atoms with E-state index in [1.807, 2.05) is 18.2 Å². The summed E-state index contributed by atoms with van der Waals surface area (Å²) < 4.78 is 2.24. The van der Waals surface area contributed by atoms with Crippen LogP contribution in [0.5, 0.6) is 0 Å². The fourth-order valence-electron chi connectivity index (χ4n) is 4.51. The molecule has 2 heterocycles. The van der Waals surface area contributed by atoms with Crippen molar-refractivity contribution in [2.24, 2.45) is 0 Å². The van der Waals surface area contributed by atoms with Crippen LogP contribution >= 0.6 is 11.6 Å². The number of hydrogen-bond donors (Lipinski definition) is 1. The van der Waals surface area contributed by atoms with Crippen LogP contribution in [0, 0.1) is 0 Å². The predicted molar refractivity (Wildman–Crippen MR) is 129 cm³/mol. The van der Waals surface area contributed by atoms with Gasteiger partial charge in [-0.05, 0) is 68.6 Å². The van der Waals surface area contributed by atoms with Crippen molar-refractivity contribution in [1.29, 1.82) is 0 Å². The number of carbonyl (C=O) groups excluding carboxylic acids is 1. The van der Waals surface area contributed by atoms with Gasteiger partial charge in [-0.15, -0.1) is 0 Å². The Kier molecular flexibility index (Phi) is 7.66. The first-order valence-corrected chi connectivity index (χ1v) is 11.9. The van der Waals surface area contributed by atoms with E-state index in [-0.39, 0.29) is 5.91 Å². The summed E-state index contributed by atoms with van der Waals surface area (Å²) in [5, 5.41) is 5.10. The number of aromatic nitrogens is 1. The molecule has 0 aliphatic carbocycles. The second-order valence-corrected chi connectivity index (χ2v) is 8.90. The maximum atomic E-state index is 12.4. The summed E-state index contributed by atoms with van der Waals surface area (Å²) in [5.74, 6) is 0.140. The van der Waals surface area contributed by atoms with Crippen molar-refractivity contribution in [3.05, 3.63) is 70.9 Å². The van der Waals surface area contributed by atoms with Crippen molar-refractivity contribution in [2.75, 3.05) is 26.2 Å². The number of carbonyl (C=O) groups is 1. The largest absolute Gasteiger partial charge is 0.356 e. The number of nitrogens with one attached hydrogen (secondary N) is 1.